The maximum atomic E-state index is 11.8. The summed E-state index contributed by atoms with van der Waals surface area (Å²) >= 11 is 1.70. The van der Waals surface area contributed by atoms with Gasteiger partial charge in [0.2, 0.25) is 5.91 Å². The molecule has 1 aliphatic carbocycles. The van der Waals surface area contributed by atoms with Crippen LogP contribution in [-0.2, 0) is 17.8 Å². The zero-order chi connectivity index (χ0) is 20.5. The topological polar surface area (TPSA) is 65.9 Å². The summed E-state index contributed by atoms with van der Waals surface area (Å²) in [6.07, 6.45) is 7.51. The summed E-state index contributed by atoms with van der Waals surface area (Å²) in [5.41, 5.74) is 2.04. The van der Waals surface area contributed by atoms with Gasteiger partial charge in [-0.15, -0.1) is 11.3 Å². The molecule has 0 bridgehead atoms. The summed E-state index contributed by atoms with van der Waals surface area (Å²) in [5.74, 6) is 0.706. The number of likely N-dealkylation sites (tertiary alicyclic amines) is 1. The molecule has 0 unspecified atom stereocenters. The highest BCUT2D eigenvalue weighted by atomic mass is 32.1. The van der Waals surface area contributed by atoms with Crippen molar-refractivity contribution in [1.29, 1.82) is 0 Å². The molecule has 0 radical (unpaired) electrons. The van der Waals surface area contributed by atoms with E-state index in [0.717, 1.165) is 41.3 Å². The molecule has 6 nitrogen and oxygen atoms in total. The Kier molecular flexibility index (Phi) is 5.76. The van der Waals surface area contributed by atoms with E-state index in [0.29, 0.717) is 25.2 Å². The fourth-order valence-electron chi connectivity index (χ4n) is 4.72. The first-order valence-corrected chi connectivity index (χ1v) is 11.9. The van der Waals surface area contributed by atoms with Gasteiger partial charge in [-0.2, -0.15) is 0 Å². The Labute approximate surface area is 181 Å². The molecular formula is C23H29N3O3S. The number of aliphatic hydroxyl groups excluding tert-OH is 1. The van der Waals surface area contributed by atoms with Crippen molar-refractivity contribution in [3.05, 3.63) is 34.8 Å². The van der Waals surface area contributed by atoms with Crippen LogP contribution in [0, 0.1) is 0 Å². The summed E-state index contributed by atoms with van der Waals surface area (Å²) < 4.78 is 6.18. The summed E-state index contributed by atoms with van der Waals surface area (Å²) in [5, 5.41) is 10.1. The van der Waals surface area contributed by atoms with Gasteiger partial charge >= 0.3 is 0 Å². The standard InChI is InChI=1S/C23H29N3O3S/c27-15-22(28)26-11-8-21-20(14-26)24-23(30-21)16-4-6-18(7-5-16)29-19-12-17(13-19)25-9-2-1-3-10-25/h4-7,17,19,27H,1-3,8-15H2/t17-,19-. The zero-order valence-electron chi connectivity index (χ0n) is 17.3. The van der Waals surface area contributed by atoms with Crippen LogP contribution in [-0.4, -0.2) is 64.2 Å². The highest BCUT2D eigenvalue weighted by Gasteiger charge is 2.35. The van der Waals surface area contributed by atoms with Gasteiger partial charge in [0, 0.05) is 42.3 Å². The first kappa shape index (κ1) is 20.0. The first-order valence-electron chi connectivity index (χ1n) is 11.1. The first-order chi connectivity index (χ1) is 14.7. The number of hydrogen-bond donors (Lipinski definition) is 1. The minimum Gasteiger partial charge on any atom is -0.490 e. The van der Waals surface area contributed by atoms with Gasteiger partial charge in [-0.3, -0.25) is 4.79 Å². The van der Waals surface area contributed by atoms with E-state index in [4.69, 9.17) is 14.8 Å². The van der Waals surface area contributed by atoms with Crippen molar-refractivity contribution in [3.63, 3.8) is 0 Å². The fourth-order valence-corrected chi connectivity index (χ4v) is 5.78. The van der Waals surface area contributed by atoms with Crippen LogP contribution in [0.1, 0.15) is 42.7 Å². The number of rotatable bonds is 5. The second-order valence-electron chi connectivity index (χ2n) is 8.60. The number of piperidine rings is 1. The molecule has 0 spiro atoms. The molecule has 2 aliphatic heterocycles. The Morgan fingerprint density at radius 1 is 1.13 bits per heavy atom. The fraction of sp³-hybridized carbons (Fsp3) is 0.565. The zero-order valence-corrected chi connectivity index (χ0v) is 18.1. The van der Waals surface area contributed by atoms with Crippen molar-refractivity contribution in [2.75, 3.05) is 26.2 Å². The number of hydrogen-bond acceptors (Lipinski definition) is 6. The molecule has 1 aromatic carbocycles. The summed E-state index contributed by atoms with van der Waals surface area (Å²) in [6.45, 7) is 3.23. The lowest BCUT2D eigenvalue weighted by Crippen LogP contribution is -2.50. The molecule has 3 heterocycles. The van der Waals surface area contributed by atoms with Crippen molar-refractivity contribution in [1.82, 2.24) is 14.8 Å². The van der Waals surface area contributed by atoms with Crippen molar-refractivity contribution in [3.8, 4) is 16.3 Å². The van der Waals surface area contributed by atoms with Crippen LogP contribution in [0.2, 0.25) is 0 Å². The summed E-state index contributed by atoms with van der Waals surface area (Å²) in [6, 6.07) is 8.97. The Morgan fingerprint density at radius 2 is 1.90 bits per heavy atom. The number of benzene rings is 1. The molecular weight excluding hydrogens is 398 g/mol. The number of aliphatic hydroxyl groups is 1. The van der Waals surface area contributed by atoms with Gasteiger partial charge in [0.15, 0.2) is 0 Å². The van der Waals surface area contributed by atoms with Gasteiger partial charge in [0.25, 0.3) is 0 Å². The van der Waals surface area contributed by atoms with Gasteiger partial charge in [-0.1, -0.05) is 6.42 Å². The molecule has 2 fully saturated rings. The smallest absolute Gasteiger partial charge is 0.248 e. The molecule has 160 valence electrons. The molecule has 30 heavy (non-hydrogen) atoms. The molecule has 0 atom stereocenters. The Bertz CT molecular complexity index is 886. The monoisotopic (exact) mass is 427 g/mol. The third-order valence-corrected chi connectivity index (χ3v) is 7.80. The van der Waals surface area contributed by atoms with Crippen LogP contribution < -0.4 is 4.74 Å². The maximum absolute atomic E-state index is 11.8. The SMILES string of the molecule is O=C(CO)N1CCc2sc(-c3ccc(O[C@H]4C[C@H](N5CCCCC5)C4)cc3)nc2C1. The van der Waals surface area contributed by atoms with E-state index in [1.54, 1.807) is 16.2 Å². The van der Waals surface area contributed by atoms with Gasteiger partial charge in [-0.25, -0.2) is 4.98 Å². The van der Waals surface area contributed by atoms with E-state index >= 15 is 0 Å². The van der Waals surface area contributed by atoms with E-state index in [2.05, 4.69) is 17.0 Å². The van der Waals surface area contributed by atoms with Crippen LogP contribution in [0.25, 0.3) is 10.6 Å². The predicted molar refractivity (Wildman–Crippen MR) is 117 cm³/mol. The molecule has 2 aromatic rings. The van der Waals surface area contributed by atoms with Crippen LogP contribution in [0.15, 0.2) is 24.3 Å². The summed E-state index contributed by atoms with van der Waals surface area (Å²) in [7, 11) is 0. The van der Waals surface area contributed by atoms with Gasteiger partial charge in [0.1, 0.15) is 23.5 Å². The van der Waals surface area contributed by atoms with Crippen molar-refractivity contribution >= 4 is 17.2 Å². The van der Waals surface area contributed by atoms with E-state index in [1.807, 2.05) is 12.1 Å². The average Bonchev–Trinajstić information content (AvgIpc) is 3.20. The highest BCUT2D eigenvalue weighted by Crippen LogP contribution is 2.34. The molecule has 3 aliphatic rings. The quantitative estimate of drug-likeness (QED) is 0.794. The lowest BCUT2D eigenvalue weighted by Gasteiger charge is -2.44. The number of thiazole rings is 1. The van der Waals surface area contributed by atoms with E-state index < -0.39 is 6.61 Å². The van der Waals surface area contributed by atoms with Crippen molar-refractivity contribution in [2.45, 2.75) is 57.2 Å². The van der Waals surface area contributed by atoms with Crippen LogP contribution in [0.3, 0.4) is 0 Å². The average molecular weight is 428 g/mol. The minimum atomic E-state index is -0.437. The number of amides is 1. The van der Waals surface area contributed by atoms with Gasteiger partial charge in [-0.05, 0) is 50.2 Å². The number of ether oxygens (including phenoxy) is 1. The Balaban J connectivity index is 1.17. The van der Waals surface area contributed by atoms with E-state index in [9.17, 15) is 4.79 Å². The molecule has 5 rings (SSSR count). The molecule has 1 amide bonds. The predicted octanol–water partition coefficient (Wildman–Crippen LogP) is 3.08. The van der Waals surface area contributed by atoms with Gasteiger partial charge < -0.3 is 19.6 Å². The number of aromatic nitrogens is 1. The normalized spacial score (nSPS) is 24.2. The van der Waals surface area contributed by atoms with E-state index in [1.165, 1.54) is 37.2 Å². The third-order valence-electron chi connectivity index (χ3n) is 6.60. The second-order valence-corrected chi connectivity index (χ2v) is 9.68. The highest BCUT2D eigenvalue weighted by molar-refractivity contribution is 7.15. The molecule has 1 saturated heterocycles. The van der Waals surface area contributed by atoms with Crippen molar-refractivity contribution < 1.29 is 14.6 Å². The summed E-state index contributed by atoms with van der Waals surface area (Å²) in [4.78, 5) is 22.1. The number of carbonyl (C=O) groups excluding carboxylic acids is 1. The second kappa shape index (κ2) is 8.65. The maximum Gasteiger partial charge on any atom is 0.248 e. The van der Waals surface area contributed by atoms with Crippen molar-refractivity contribution in [2.24, 2.45) is 0 Å². The van der Waals surface area contributed by atoms with E-state index in [-0.39, 0.29) is 5.91 Å². The Morgan fingerprint density at radius 3 is 2.63 bits per heavy atom. The number of nitrogens with zero attached hydrogens (tertiary/aromatic N) is 3. The van der Waals surface area contributed by atoms with Crippen LogP contribution in [0.5, 0.6) is 5.75 Å². The third kappa shape index (κ3) is 4.11. The lowest BCUT2D eigenvalue weighted by atomic mass is 9.86. The molecule has 1 saturated carbocycles. The molecule has 7 heteroatoms. The lowest BCUT2D eigenvalue weighted by molar-refractivity contribution is -0.135. The van der Waals surface area contributed by atoms with Crippen LogP contribution >= 0.6 is 11.3 Å². The molecule has 1 N–H and O–H groups in total. The van der Waals surface area contributed by atoms with Crippen LogP contribution in [0.4, 0.5) is 0 Å². The molecule has 1 aromatic heterocycles. The largest absolute Gasteiger partial charge is 0.490 e. The number of carbonyl (C=O) groups is 1. The minimum absolute atomic E-state index is 0.227. The van der Waals surface area contributed by atoms with Gasteiger partial charge in [0.05, 0.1) is 12.2 Å². The Hall–Kier alpha value is -1.96. The number of fused-ring (bicyclic) bond motifs is 1.